The number of halogens is 1. The average Bonchev–Trinajstić information content (AvgIpc) is 2.74. The minimum atomic E-state index is -0.235. The number of rotatable bonds is 8. The molecule has 1 fully saturated rings. The van der Waals surface area contributed by atoms with Crippen LogP contribution in [0.15, 0.2) is 54.6 Å². The SMILES string of the molecule is CC(CC(=O)Nc1cccc(OCC(=O)Nc2ccccc2)c1)C1CCNCC1.Cl. The molecule has 0 aliphatic carbocycles. The molecule has 1 unspecified atom stereocenters. The molecule has 1 aliphatic heterocycles. The van der Waals surface area contributed by atoms with Crippen molar-refractivity contribution >= 4 is 35.6 Å². The van der Waals surface area contributed by atoms with E-state index in [2.05, 4.69) is 22.9 Å². The van der Waals surface area contributed by atoms with Gasteiger partial charge in [0, 0.05) is 23.9 Å². The van der Waals surface area contributed by atoms with E-state index >= 15 is 0 Å². The van der Waals surface area contributed by atoms with Crippen LogP contribution in [-0.4, -0.2) is 31.5 Å². The van der Waals surface area contributed by atoms with Gasteiger partial charge in [-0.2, -0.15) is 0 Å². The summed E-state index contributed by atoms with van der Waals surface area (Å²) < 4.78 is 5.57. The second-order valence-electron chi connectivity index (χ2n) is 7.55. The largest absolute Gasteiger partial charge is 0.484 e. The van der Waals surface area contributed by atoms with Gasteiger partial charge in [0.25, 0.3) is 5.91 Å². The van der Waals surface area contributed by atoms with E-state index in [0.29, 0.717) is 29.7 Å². The zero-order valence-electron chi connectivity index (χ0n) is 17.2. The van der Waals surface area contributed by atoms with Gasteiger partial charge in [-0.1, -0.05) is 31.2 Å². The van der Waals surface area contributed by atoms with Gasteiger partial charge in [0.15, 0.2) is 6.61 Å². The Bertz CT molecular complexity index is 810. The predicted molar refractivity (Wildman–Crippen MR) is 122 cm³/mol. The molecule has 0 radical (unpaired) electrons. The van der Waals surface area contributed by atoms with Crippen molar-refractivity contribution in [2.45, 2.75) is 26.2 Å². The van der Waals surface area contributed by atoms with Gasteiger partial charge in [0.05, 0.1) is 0 Å². The summed E-state index contributed by atoms with van der Waals surface area (Å²) in [6, 6.07) is 16.4. The molecule has 1 heterocycles. The van der Waals surface area contributed by atoms with E-state index in [9.17, 15) is 9.59 Å². The first-order chi connectivity index (χ1) is 14.1. The van der Waals surface area contributed by atoms with E-state index in [0.717, 1.165) is 31.6 Å². The third-order valence-electron chi connectivity index (χ3n) is 5.24. The zero-order chi connectivity index (χ0) is 20.5. The molecule has 6 nitrogen and oxygen atoms in total. The fraction of sp³-hybridized carbons (Fsp3) is 0.391. The number of carbonyl (C=O) groups excluding carboxylic acids is 2. The fourth-order valence-corrected chi connectivity index (χ4v) is 3.62. The van der Waals surface area contributed by atoms with Crippen molar-refractivity contribution < 1.29 is 14.3 Å². The highest BCUT2D eigenvalue weighted by Gasteiger charge is 2.22. The van der Waals surface area contributed by atoms with E-state index in [-0.39, 0.29) is 30.8 Å². The Hall–Kier alpha value is -2.57. The number of anilines is 2. The van der Waals surface area contributed by atoms with Crippen LogP contribution in [0.2, 0.25) is 0 Å². The first kappa shape index (κ1) is 23.7. The number of hydrogen-bond donors (Lipinski definition) is 3. The van der Waals surface area contributed by atoms with Crippen LogP contribution >= 0.6 is 12.4 Å². The number of carbonyl (C=O) groups is 2. The van der Waals surface area contributed by atoms with Crippen LogP contribution in [0.4, 0.5) is 11.4 Å². The molecule has 30 heavy (non-hydrogen) atoms. The van der Waals surface area contributed by atoms with Gasteiger partial charge < -0.3 is 20.7 Å². The van der Waals surface area contributed by atoms with Crippen LogP contribution < -0.4 is 20.7 Å². The molecule has 2 amide bonds. The van der Waals surface area contributed by atoms with Crippen LogP contribution in [0.5, 0.6) is 5.75 Å². The standard InChI is InChI=1S/C23H29N3O3.ClH/c1-17(18-10-12-24-13-11-18)14-22(27)26-20-8-5-9-21(15-20)29-16-23(28)25-19-6-3-2-4-7-19;/h2-9,15,17-18,24H,10-14,16H2,1H3,(H,25,28)(H,26,27);1H. The lowest BCUT2D eigenvalue weighted by Crippen LogP contribution is -2.32. The quantitative estimate of drug-likeness (QED) is 0.588. The van der Waals surface area contributed by atoms with Crippen molar-refractivity contribution in [3.8, 4) is 5.75 Å². The highest BCUT2D eigenvalue weighted by atomic mass is 35.5. The third-order valence-corrected chi connectivity index (χ3v) is 5.24. The van der Waals surface area contributed by atoms with Crippen molar-refractivity contribution in [2.75, 3.05) is 30.3 Å². The third kappa shape index (κ3) is 7.69. The van der Waals surface area contributed by atoms with Gasteiger partial charge >= 0.3 is 0 Å². The van der Waals surface area contributed by atoms with E-state index in [1.54, 1.807) is 18.2 Å². The lowest BCUT2D eigenvalue weighted by Gasteiger charge is -2.27. The monoisotopic (exact) mass is 431 g/mol. The smallest absolute Gasteiger partial charge is 0.262 e. The van der Waals surface area contributed by atoms with Gasteiger partial charge in [0.1, 0.15) is 5.75 Å². The number of nitrogens with one attached hydrogen (secondary N) is 3. The predicted octanol–water partition coefficient (Wildman–Crippen LogP) is 4.09. The molecule has 162 valence electrons. The molecule has 0 bridgehead atoms. The number of amides is 2. The highest BCUT2D eigenvalue weighted by Crippen LogP contribution is 2.25. The molecule has 1 aliphatic rings. The van der Waals surface area contributed by atoms with E-state index in [4.69, 9.17) is 4.74 Å². The maximum atomic E-state index is 12.4. The Morgan fingerprint density at radius 2 is 1.67 bits per heavy atom. The molecular weight excluding hydrogens is 402 g/mol. The maximum Gasteiger partial charge on any atom is 0.262 e. The van der Waals surface area contributed by atoms with Crippen LogP contribution in [0.1, 0.15) is 26.2 Å². The van der Waals surface area contributed by atoms with Gasteiger partial charge in [0.2, 0.25) is 5.91 Å². The molecule has 3 N–H and O–H groups in total. The Labute approximate surface area is 184 Å². The van der Waals surface area contributed by atoms with Gasteiger partial charge in [-0.25, -0.2) is 0 Å². The first-order valence-electron chi connectivity index (χ1n) is 10.2. The number of ether oxygens (including phenoxy) is 1. The fourth-order valence-electron chi connectivity index (χ4n) is 3.62. The van der Waals surface area contributed by atoms with Gasteiger partial charge in [-0.3, -0.25) is 9.59 Å². The van der Waals surface area contributed by atoms with E-state index < -0.39 is 0 Å². The molecule has 0 aromatic heterocycles. The van der Waals surface area contributed by atoms with E-state index in [1.165, 1.54) is 0 Å². The molecule has 2 aromatic rings. The van der Waals surface area contributed by atoms with Crippen molar-refractivity contribution in [1.82, 2.24) is 5.32 Å². The van der Waals surface area contributed by atoms with Crippen LogP contribution in [0.25, 0.3) is 0 Å². The summed E-state index contributed by atoms with van der Waals surface area (Å²) in [4.78, 5) is 24.4. The second kappa shape index (κ2) is 12.2. The summed E-state index contributed by atoms with van der Waals surface area (Å²) in [5.74, 6) is 1.27. The zero-order valence-corrected chi connectivity index (χ0v) is 18.0. The van der Waals surface area contributed by atoms with Crippen LogP contribution in [0, 0.1) is 11.8 Å². The normalized spacial score (nSPS) is 14.8. The average molecular weight is 432 g/mol. The van der Waals surface area contributed by atoms with Crippen molar-refractivity contribution in [1.29, 1.82) is 0 Å². The summed E-state index contributed by atoms with van der Waals surface area (Å²) in [5, 5.41) is 9.08. The Morgan fingerprint density at radius 1 is 1.00 bits per heavy atom. The summed E-state index contributed by atoms with van der Waals surface area (Å²) in [7, 11) is 0. The minimum absolute atomic E-state index is 0. The lowest BCUT2D eigenvalue weighted by atomic mass is 9.84. The number of para-hydroxylation sites is 1. The van der Waals surface area contributed by atoms with E-state index in [1.807, 2.05) is 36.4 Å². The molecule has 2 aromatic carbocycles. The van der Waals surface area contributed by atoms with Gasteiger partial charge in [-0.15, -0.1) is 12.4 Å². The first-order valence-corrected chi connectivity index (χ1v) is 10.2. The maximum absolute atomic E-state index is 12.4. The van der Waals surface area contributed by atoms with Crippen molar-refractivity contribution in [3.05, 3.63) is 54.6 Å². The lowest BCUT2D eigenvalue weighted by molar-refractivity contribution is -0.118. The topological polar surface area (TPSA) is 79.5 Å². The molecule has 1 atom stereocenters. The van der Waals surface area contributed by atoms with Crippen LogP contribution in [-0.2, 0) is 9.59 Å². The molecule has 3 rings (SSSR count). The number of hydrogen-bond acceptors (Lipinski definition) is 4. The summed E-state index contributed by atoms with van der Waals surface area (Å²) in [5.41, 5.74) is 1.40. The van der Waals surface area contributed by atoms with Crippen molar-refractivity contribution in [2.24, 2.45) is 11.8 Å². The highest BCUT2D eigenvalue weighted by molar-refractivity contribution is 5.92. The van der Waals surface area contributed by atoms with Gasteiger partial charge in [-0.05, 0) is 62.0 Å². The number of benzene rings is 2. The molecule has 0 saturated carbocycles. The molecule has 1 saturated heterocycles. The Balaban J connectivity index is 0.00000320. The Kier molecular flexibility index (Phi) is 9.64. The molecule has 0 spiro atoms. The Morgan fingerprint density at radius 3 is 2.40 bits per heavy atom. The van der Waals surface area contributed by atoms with Crippen LogP contribution in [0.3, 0.4) is 0 Å². The molecule has 7 heteroatoms. The summed E-state index contributed by atoms with van der Waals surface area (Å²) in [6.07, 6.45) is 2.76. The summed E-state index contributed by atoms with van der Waals surface area (Å²) in [6.45, 7) is 4.13. The number of piperidine rings is 1. The van der Waals surface area contributed by atoms with Crippen molar-refractivity contribution in [3.63, 3.8) is 0 Å². The minimum Gasteiger partial charge on any atom is -0.484 e. The second-order valence-corrected chi connectivity index (χ2v) is 7.55. The molecular formula is C23H30ClN3O3. The summed E-state index contributed by atoms with van der Waals surface area (Å²) >= 11 is 0.